The van der Waals surface area contributed by atoms with Crippen LogP contribution in [-0.2, 0) is 0 Å². The van der Waals surface area contributed by atoms with E-state index in [1.54, 1.807) is 13.0 Å². The molecular weight excluding hydrogens is 420 g/mol. The van der Waals surface area contributed by atoms with Gasteiger partial charge in [-0.25, -0.2) is 33.5 Å². The average Bonchev–Trinajstić information content (AvgIpc) is 3.07. The van der Waals surface area contributed by atoms with Gasteiger partial charge in [0.05, 0.1) is 17.9 Å². The molecule has 9 nitrogen and oxygen atoms in total. The number of carbonyl (C=O) groups excluding carboxylic acids is 1. The van der Waals surface area contributed by atoms with Gasteiger partial charge in [-0.1, -0.05) is 0 Å². The molecule has 0 spiro atoms. The molecule has 0 bridgehead atoms. The molecule has 0 atom stereocenters. The number of halogens is 2. The number of ether oxygens (including phenoxy) is 1. The summed E-state index contributed by atoms with van der Waals surface area (Å²) in [6.45, 7) is 5.71. The van der Waals surface area contributed by atoms with Crippen molar-refractivity contribution in [2.24, 2.45) is 5.73 Å². The van der Waals surface area contributed by atoms with Crippen LogP contribution >= 0.6 is 0 Å². The number of carbonyl (C=O) groups is 1. The fourth-order valence-electron chi connectivity index (χ4n) is 3.43. The normalized spacial score (nSPS) is 11.2. The number of rotatable bonds is 5. The molecule has 0 saturated heterocycles. The first-order valence-corrected chi connectivity index (χ1v) is 9.64. The highest BCUT2D eigenvalue weighted by molar-refractivity contribution is 5.83. The predicted molar refractivity (Wildman–Crippen MR) is 114 cm³/mol. The topological polar surface area (TPSA) is 121 Å². The van der Waals surface area contributed by atoms with Gasteiger partial charge in [0.15, 0.2) is 17.4 Å². The fraction of sp³-hybridized carbons (Fsp3) is 0.190. The Labute approximate surface area is 181 Å². The van der Waals surface area contributed by atoms with Gasteiger partial charge in [0.1, 0.15) is 22.9 Å². The molecule has 11 heteroatoms. The minimum Gasteiger partial charge on any atom is -0.409 e. The minimum absolute atomic E-state index is 0.0368. The molecule has 0 unspecified atom stereocenters. The Morgan fingerprint density at radius 3 is 2.56 bits per heavy atom. The molecule has 4 aromatic rings. The van der Waals surface area contributed by atoms with Crippen molar-refractivity contribution in [1.29, 1.82) is 0 Å². The maximum Gasteiger partial charge on any atom is 0.410 e. The SMILES string of the molecule is Cc1nc2c(F)cc(-c3nc(Nc4ccc(OC(N)=O)cn4)ncc3F)cc2n1C(C)C. The summed E-state index contributed by atoms with van der Waals surface area (Å²) >= 11 is 0. The second-order valence-electron chi connectivity index (χ2n) is 7.26. The summed E-state index contributed by atoms with van der Waals surface area (Å²) in [6, 6.07) is 5.85. The number of primary amides is 1. The molecule has 0 aliphatic rings. The van der Waals surface area contributed by atoms with Crippen molar-refractivity contribution >= 4 is 28.9 Å². The van der Waals surface area contributed by atoms with Crippen molar-refractivity contribution in [2.45, 2.75) is 26.8 Å². The van der Waals surface area contributed by atoms with Crippen LogP contribution < -0.4 is 15.8 Å². The van der Waals surface area contributed by atoms with Crippen LogP contribution in [0.4, 0.5) is 25.3 Å². The Bertz CT molecular complexity index is 1320. The molecule has 164 valence electrons. The molecule has 0 saturated carbocycles. The van der Waals surface area contributed by atoms with Crippen molar-refractivity contribution < 1.29 is 18.3 Å². The van der Waals surface area contributed by atoms with Crippen molar-refractivity contribution in [2.75, 3.05) is 5.32 Å². The number of benzene rings is 1. The molecule has 0 radical (unpaired) electrons. The lowest BCUT2D eigenvalue weighted by molar-refractivity contribution is 0.210. The van der Waals surface area contributed by atoms with Crippen LogP contribution in [-0.4, -0.2) is 30.6 Å². The number of anilines is 2. The number of nitrogens with two attached hydrogens (primary N) is 1. The number of nitrogens with one attached hydrogen (secondary N) is 1. The second-order valence-corrected chi connectivity index (χ2v) is 7.26. The highest BCUT2D eigenvalue weighted by Crippen LogP contribution is 2.30. The Balaban J connectivity index is 1.71. The van der Waals surface area contributed by atoms with Crippen molar-refractivity contribution in [3.8, 4) is 17.0 Å². The molecule has 0 aliphatic carbocycles. The number of imidazole rings is 1. The Kier molecular flexibility index (Phi) is 5.39. The van der Waals surface area contributed by atoms with E-state index in [1.807, 2.05) is 18.4 Å². The minimum atomic E-state index is -0.961. The quantitative estimate of drug-likeness (QED) is 0.477. The largest absolute Gasteiger partial charge is 0.410 e. The van der Waals surface area contributed by atoms with E-state index in [4.69, 9.17) is 10.5 Å². The molecule has 1 amide bonds. The number of fused-ring (bicyclic) bond motifs is 1. The standard InChI is InChI=1S/C21H19F2N7O2/c1-10(2)30-11(3)27-19-14(22)6-12(7-16(19)30)18-15(23)9-26-21(29-18)28-17-5-4-13(8-25-17)32-20(24)31/h4-10H,1-3H3,(H2,24,31)(H,25,26,28,29). The zero-order valence-corrected chi connectivity index (χ0v) is 17.4. The van der Waals surface area contributed by atoms with Crippen LogP contribution in [0, 0.1) is 18.6 Å². The summed E-state index contributed by atoms with van der Waals surface area (Å²) in [6.07, 6.45) is 1.30. The van der Waals surface area contributed by atoms with E-state index in [0.29, 0.717) is 17.2 Å². The van der Waals surface area contributed by atoms with Gasteiger partial charge < -0.3 is 20.4 Å². The predicted octanol–water partition coefficient (Wildman–Crippen LogP) is 4.26. The molecule has 0 aliphatic heterocycles. The number of hydrogen-bond acceptors (Lipinski definition) is 7. The lowest BCUT2D eigenvalue weighted by Crippen LogP contribution is -2.16. The van der Waals surface area contributed by atoms with E-state index in [2.05, 4.69) is 25.3 Å². The number of amides is 1. The Morgan fingerprint density at radius 1 is 1.12 bits per heavy atom. The summed E-state index contributed by atoms with van der Waals surface area (Å²) in [5.74, 6) is -0.101. The van der Waals surface area contributed by atoms with Gasteiger partial charge in [-0.2, -0.15) is 0 Å². The van der Waals surface area contributed by atoms with Crippen molar-refractivity contribution in [1.82, 2.24) is 24.5 Å². The van der Waals surface area contributed by atoms with Crippen molar-refractivity contribution in [3.63, 3.8) is 0 Å². The third-order valence-electron chi connectivity index (χ3n) is 4.65. The number of aryl methyl sites for hydroxylation is 1. The van der Waals surface area contributed by atoms with Crippen LogP contribution in [0.15, 0.2) is 36.7 Å². The second kappa shape index (κ2) is 8.17. The van der Waals surface area contributed by atoms with E-state index >= 15 is 0 Å². The van der Waals surface area contributed by atoms with E-state index in [-0.39, 0.29) is 34.5 Å². The van der Waals surface area contributed by atoms with Gasteiger partial charge in [0.25, 0.3) is 0 Å². The van der Waals surface area contributed by atoms with Crippen LogP contribution in [0.1, 0.15) is 25.7 Å². The average molecular weight is 439 g/mol. The first-order chi connectivity index (χ1) is 15.2. The first kappa shape index (κ1) is 21.1. The molecular formula is C21H19F2N7O2. The third-order valence-corrected chi connectivity index (χ3v) is 4.65. The smallest absolute Gasteiger partial charge is 0.409 e. The summed E-state index contributed by atoms with van der Waals surface area (Å²) < 4.78 is 36.0. The molecule has 3 heterocycles. The van der Waals surface area contributed by atoms with Gasteiger partial charge in [-0.15, -0.1) is 0 Å². The summed E-state index contributed by atoms with van der Waals surface area (Å²) in [5, 5.41) is 2.82. The number of hydrogen-bond donors (Lipinski definition) is 2. The first-order valence-electron chi connectivity index (χ1n) is 9.64. The lowest BCUT2D eigenvalue weighted by Gasteiger charge is -2.12. The molecule has 1 aromatic carbocycles. The highest BCUT2D eigenvalue weighted by atomic mass is 19.1. The fourth-order valence-corrected chi connectivity index (χ4v) is 3.43. The third kappa shape index (κ3) is 4.04. The highest BCUT2D eigenvalue weighted by Gasteiger charge is 2.18. The molecule has 0 fully saturated rings. The van der Waals surface area contributed by atoms with E-state index in [1.165, 1.54) is 24.4 Å². The van der Waals surface area contributed by atoms with E-state index < -0.39 is 17.7 Å². The van der Waals surface area contributed by atoms with Crippen LogP contribution in [0.25, 0.3) is 22.3 Å². The van der Waals surface area contributed by atoms with Gasteiger partial charge in [0, 0.05) is 11.6 Å². The Hall–Kier alpha value is -4.15. The van der Waals surface area contributed by atoms with Gasteiger partial charge in [-0.05, 0) is 45.0 Å². The van der Waals surface area contributed by atoms with Crippen LogP contribution in [0.5, 0.6) is 5.75 Å². The summed E-state index contributed by atoms with van der Waals surface area (Å²) in [4.78, 5) is 27.2. The van der Waals surface area contributed by atoms with Crippen molar-refractivity contribution in [3.05, 3.63) is 54.1 Å². The van der Waals surface area contributed by atoms with Crippen LogP contribution in [0.2, 0.25) is 0 Å². The summed E-state index contributed by atoms with van der Waals surface area (Å²) in [7, 11) is 0. The zero-order valence-electron chi connectivity index (χ0n) is 17.4. The zero-order chi connectivity index (χ0) is 23.0. The number of nitrogens with zero attached hydrogens (tertiary/aromatic N) is 5. The maximum atomic E-state index is 14.8. The lowest BCUT2D eigenvalue weighted by atomic mass is 10.1. The monoisotopic (exact) mass is 439 g/mol. The molecule has 32 heavy (non-hydrogen) atoms. The molecule has 3 aromatic heterocycles. The Morgan fingerprint density at radius 2 is 1.91 bits per heavy atom. The number of pyridine rings is 1. The van der Waals surface area contributed by atoms with Gasteiger partial charge in [-0.3, -0.25) is 0 Å². The van der Waals surface area contributed by atoms with E-state index in [0.717, 1.165) is 6.20 Å². The van der Waals surface area contributed by atoms with E-state index in [9.17, 15) is 13.6 Å². The number of aromatic nitrogens is 5. The van der Waals surface area contributed by atoms with Gasteiger partial charge in [0.2, 0.25) is 5.95 Å². The van der Waals surface area contributed by atoms with Gasteiger partial charge >= 0.3 is 6.09 Å². The molecule has 3 N–H and O–H groups in total. The molecule has 4 rings (SSSR count). The summed E-state index contributed by atoms with van der Waals surface area (Å²) in [5.41, 5.74) is 5.89. The maximum absolute atomic E-state index is 14.8. The van der Waals surface area contributed by atoms with Crippen LogP contribution in [0.3, 0.4) is 0 Å².